The Balaban J connectivity index is 0.855. The molecule has 314 valence electrons. The monoisotopic (exact) mass is 854 g/mol. The molecule has 11 aromatic carbocycles. The number of rotatable bonds is 8. The topological polar surface area (TPSA) is 21.3 Å². The molecule has 0 aliphatic heterocycles. The SMILES string of the molecule is c1cc(-c2ccc(-c3ccc(N(c4ccc(-c5ccc6ccccc6c5)cc4)c4ccccc4-c4ccc5c(c4)oc4ccccc45)cc3)cc2)cc(-n2c3ccccc3c3ccccc32)c1. The maximum atomic E-state index is 6.39. The molecule has 0 bridgehead atoms. The molecule has 0 aliphatic carbocycles. The molecule has 0 N–H and O–H groups in total. The lowest BCUT2D eigenvalue weighted by atomic mass is 9.98. The average molecular weight is 855 g/mol. The maximum absolute atomic E-state index is 6.39. The van der Waals surface area contributed by atoms with E-state index in [1.807, 2.05) is 12.1 Å². The Labute approximate surface area is 388 Å². The summed E-state index contributed by atoms with van der Waals surface area (Å²) in [5.41, 5.74) is 17.8. The van der Waals surface area contributed by atoms with Crippen LogP contribution in [0.25, 0.3) is 105 Å². The minimum Gasteiger partial charge on any atom is -0.456 e. The zero-order valence-corrected chi connectivity index (χ0v) is 36.6. The second kappa shape index (κ2) is 16.0. The van der Waals surface area contributed by atoms with Crippen molar-refractivity contribution in [3.8, 4) is 50.2 Å². The van der Waals surface area contributed by atoms with Crippen LogP contribution < -0.4 is 4.90 Å². The van der Waals surface area contributed by atoms with Crippen molar-refractivity contribution in [1.29, 1.82) is 0 Å². The molecule has 2 aromatic heterocycles. The van der Waals surface area contributed by atoms with Crippen LogP contribution in [0, 0.1) is 0 Å². The van der Waals surface area contributed by atoms with Crippen LogP contribution in [0.4, 0.5) is 17.1 Å². The Morgan fingerprint density at radius 3 is 1.51 bits per heavy atom. The highest BCUT2D eigenvalue weighted by Gasteiger charge is 2.19. The van der Waals surface area contributed by atoms with Crippen molar-refractivity contribution in [3.05, 3.63) is 255 Å². The highest BCUT2D eigenvalue weighted by molar-refractivity contribution is 6.09. The number of hydrogen-bond acceptors (Lipinski definition) is 2. The molecule has 2 heterocycles. The third-order valence-corrected chi connectivity index (χ3v) is 13.4. The Morgan fingerprint density at radius 1 is 0.299 bits per heavy atom. The first-order valence-corrected chi connectivity index (χ1v) is 22.9. The van der Waals surface area contributed by atoms with E-state index < -0.39 is 0 Å². The lowest BCUT2D eigenvalue weighted by Gasteiger charge is -2.28. The fourth-order valence-electron chi connectivity index (χ4n) is 10.1. The van der Waals surface area contributed by atoms with Crippen LogP contribution in [0.5, 0.6) is 0 Å². The van der Waals surface area contributed by atoms with Crippen LogP contribution in [0.1, 0.15) is 0 Å². The Kier molecular flexibility index (Phi) is 9.17. The molecule has 3 heteroatoms. The normalized spacial score (nSPS) is 11.6. The van der Waals surface area contributed by atoms with Crippen LogP contribution in [0.2, 0.25) is 0 Å². The Hall–Kier alpha value is -8.92. The van der Waals surface area contributed by atoms with Crippen molar-refractivity contribution in [2.75, 3.05) is 4.90 Å². The van der Waals surface area contributed by atoms with Gasteiger partial charge in [0.2, 0.25) is 0 Å². The molecular formula is C64H42N2O. The zero-order valence-electron chi connectivity index (χ0n) is 36.6. The van der Waals surface area contributed by atoms with Gasteiger partial charge >= 0.3 is 0 Å². The number of para-hydroxylation sites is 4. The van der Waals surface area contributed by atoms with E-state index in [2.05, 4.69) is 252 Å². The Bertz CT molecular complexity index is 3920. The van der Waals surface area contributed by atoms with Crippen molar-refractivity contribution < 1.29 is 4.42 Å². The summed E-state index contributed by atoms with van der Waals surface area (Å²) in [7, 11) is 0. The molecule has 0 radical (unpaired) electrons. The molecule has 0 aliphatic rings. The number of fused-ring (bicyclic) bond motifs is 7. The van der Waals surface area contributed by atoms with Gasteiger partial charge in [0.1, 0.15) is 11.2 Å². The van der Waals surface area contributed by atoms with Crippen LogP contribution in [0.3, 0.4) is 0 Å². The summed E-state index contributed by atoms with van der Waals surface area (Å²) >= 11 is 0. The van der Waals surface area contributed by atoms with Gasteiger partial charge in [-0.15, -0.1) is 0 Å². The largest absolute Gasteiger partial charge is 0.456 e. The van der Waals surface area contributed by atoms with E-state index in [9.17, 15) is 0 Å². The van der Waals surface area contributed by atoms with Gasteiger partial charge in [-0.2, -0.15) is 0 Å². The fraction of sp³-hybridized carbons (Fsp3) is 0. The number of anilines is 3. The number of furan rings is 1. The quantitative estimate of drug-likeness (QED) is 0.152. The second-order valence-corrected chi connectivity index (χ2v) is 17.3. The predicted molar refractivity (Wildman–Crippen MR) is 282 cm³/mol. The molecule has 0 saturated heterocycles. The first-order chi connectivity index (χ1) is 33.2. The van der Waals surface area contributed by atoms with Gasteiger partial charge in [-0.3, -0.25) is 0 Å². The Morgan fingerprint density at radius 2 is 0.806 bits per heavy atom. The van der Waals surface area contributed by atoms with Crippen LogP contribution in [0.15, 0.2) is 259 Å². The molecule has 0 spiro atoms. The molecule has 0 atom stereocenters. The molecule has 13 aromatic rings. The first kappa shape index (κ1) is 38.5. The predicted octanol–water partition coefficient (Wildman–Crippen LogP) is 18.0. The van der Waals surface area contributed by atoms with Gasteiger partial charge in [-0.1, -0.05) is 176 Å². The molecule has 13 rings (SSSR count). The van der Waals surface area contributed by atoms with Gasteiger partial charge in [-0.05, 0) is 129 Å². The summed E-state index contributed by atoms with van der Waals surface area (Å²) < 4.78 is 8.77. The van der Waals surface area contributed by atoms with Crippen molar-refractivity contribution in [2.24, 2.45) is 0 Å². The minimum atomic E-state index is 0.881. The molecule has 3 nitrogen and oxygen atoms in total. The van der Waals surface area contributed by atoms with Gasteiger partial charge in [0.05, 0.1) is 16.7 Å². The van der Waals surface area contributed by atoms with Crippen LogP contribution in [-0.2, 0) is 0 Å². The number of benzene rings is 11. The molecule has 0 saturated carbocycles. The van der Waals surface area contributed by atoms with Gasteiger partial charge in [0.25, 0.3) is 0 Å². The number of aromatic nitrogens is 1. The highest BCUT2D eigenvalue weighted by Crippen LogP contribution is 2.43. The molecule has 0 amide bonds. The molecule has 67 heavy (non-hydrogen) atoms. The zero-order chi connectivity index (χ0) is 44.3. The van der Waals surface area contributed by atoms with Crippen LogP contribution >= 0.6 is 0 Å². The van der Waals surface area contributed by atoms with E-state index in [0.29, 0.717) is 0 Å². The third-order valence-electron chi connectivity index (χ3n) is 13.4. The van der Waals surface area contributed by atoms with E-state index >= 15 is 0 Å². The smallest absolute Gasteiger partial charge is 0.136 e. The van der Waals surface area contributed by atoms with Gasteiger partial charge in [0.15, 0.2) is 0 Å². The maximum Gasteiger partial charge on any atom is 0.136 e. The van der Waals surface area contributed by atoms with E-state index in [1.54, 1.807) is 0 Å². The van der Waals surface area contributed by atoms with Crippen molar-refractivity contribution >= 4 is 71.6 Å². The van der Waals surface area contributed by atoms with E-state index in [4.69, 9.17) is 4.42 Å². The van der Waals surface area contributed by atoms with Gasteiger partial charge in [-0.25, -0.2) is 0 Å². The van der Waals surface area contributed by atoms with E-state index in [1.165, 1.54) is 60.4 Å². The summed E-state index contributed by atoms with van der Waals surface area (Å²) in [4.78, 5) is 2.37. The van der Waals surface area contributed by atoms with Crippen molar-refractivity contribution in [2.45, 2.75) is 0 Å². The van der Waals surface area contributed by atoms with Gasteiger partial charge < -0.3 is 13.9 Å². The lowest BCUT2D eigenvalue weighted by Crippen LogP contribution is -2.11. The van der Waals surface area contributed by atoms with E-state index in [0.717, 1.165) is 61.4 Å². The fourth-order valence-corrected chi connectivity index (χ4v) is 10.1. The molecule has 0 unspecified atom stereocenters. The first-order valence-electron chi connectivity index (χ1n) is 22.9. The van der Waals surface area contributed by atoms with Crippen LogP contribution in [-0.4, -0.2) is 4.57 Å². The standard InChI is InChI=1S/C64H42N2O/c1-2-13-48-40-50(29-28-43(48)12-1)47-32-37-53(38-33-47)65(60-20-7-3-16-55(60)51-34-39-59-58-19-6-10-23-63(58)67-64(59)42-51)52-35-30-45(31-36-52)44-24-26-46(27-25-44)49-14-11-15-54(41-49)66-61-21-8-4-17-56(61)57-18-5-9-22-62(57)66/h1-42H. The summed E-state index contributed by atoms with van der Waals surface area (Å²) in [6, 6.07) is 91.9. The summed E-state index contributed by atoms with van der Waals surface area (Å²) in [5.74, 6) is 0. The number of hydrogen-bond donors (Lipinski definition) is 0. The second-order valence-electron chi connectivity index (χ2n) is 17.3. The third kappa shape index (κ3) is 6.76. The highest BCUT2D eigenvalue weighted by atomic mass is 16.3. The molecule has 0 fully saturated rings. The average Bonchev–Trinajstić information content (AvgIpc) is 3.95. The van der Waals surface area contributed by atoms with Crippen molar-refractivity contribution in [3.63, 3.8) is 0 Å². The summed E-state index contributed by atoms with van der Waals surface area (Å²) in [5, 5.41) is 7.26. The molecular weight excluding hydrogens is 813 g/mol. The summed E-state index contributed by atoms with van der Waals surface area (Å²) in [6.45, 7) is 0. The number of nitrogens with zero attached hydrogens (tertiary/aromatic N) is 2. The van der Waals surface area contributed by atoms with E-state index in [-0.39, 0.29) is 0 Å². The lowest BCUT2D eigenvalue weighted by molar-refractivity contribution is 0.669. The summed E-state index contributed by atoms with van der Waals surface area (Å²) in [6.07, 6.45) is 0. The minimum absolute atomic E-state index is 0.881. The van der Waals surface area contributed by atoms with Crippen molar-refractivity contribution in [1.82, 2.24) is 4.57 Å². The van der Waals surface area contributed by atoms with Gasteiger partial charge in [0, 0.05) is 44.2 Å².